The average Bonchev–Trinajstić information content (AvgIpc) is 3.32. The first kappa shape index (κ1) is 21.6. The topological polar surface area (TPSA) is 73.1 Å². The van der Waals surface area contributed by atoms with Crippen molar-refractivity contribution in [2.75, 3.05) is 14.2 Å². The lowest BCUT2D eigenvalue weighted by molar-refractivity contribution is 0.0781. The number of rotatable bonds is 8. The van der Waals surface area contributed by atoms with Crippen molar-refractivity contribution in [1.29, 1.82) is 0 Å². The van der Waals surface area contributed by atoms with Gasteiger partial charge < -0.3 is 9.64 Å². The number of benzene rings is 3. The molecule has 1 aromatic heterocycles. The van der Waals surface area contributed by atoms with Gasteiger partial charge in [0.15, 0.2) is 5.82 Å². The van der Waals surface area contributed by atoms with Crippen molar-refractivity contribution >= 4 is 17.7 Å². The number of hydrogen-bond acceptors (Lipinski definition) is 6. The lowest BCUT2D eigenvalue weighted by Crippen LogP contribution is -2.26. The van der Waals surface area contributed by atoms with E-state index in [-0.39, 0.29) is 5.91 Å². The smallest absolute Gasteiger partial charge is 0.255 e. The highest BCUT2D eigenvalue weighted by Crippen LogP contribution is 2.27. The molecule has 0 aliphatic rings. The summed E-state index contributed by atoms with van der Waals surface area (Å²) < 4.78 is 6.92. The number of carbonyl (C=O) groups excluding carboxylic acids is 1. The first-order chi connectivity index (χ1) is 15.7. The number of methoxy groups -OCH3 is 1. The van der Waals surface area contributed by atoms with E-state index in [0.29, 0.717) is 17.9 Å². The molecular formula is C24H23N5O2S. The second kappa shape index (κ2) is 10.1. The van der Waals surface area contributed by atoms with E-state index in [2.05, 4.69) is 15.5 Å². The summed E-state index contributed by atoms with van der Waals surface area (Å²) in [5, 5.41) is 12.1. The summed E-state index contributed by atoms with van der Waals surface area (Å²) in [6, 6.07) is 25.1. The van der Waals surface area contributed by atoms with Crippen LogP contribution in [-0.2, 0) is 12.3 Å². The number of ether oxygens (including phenoxy) is 1. The number of tetrazole rings is 1. The van der Waals surface area contributed by atoms with E-state index in [1.54, 1.807) is 28.5 Å². The third-order valence-electron chi connectivity index (χ3n) is 4.93. The molecule has 0 unspecified atom stereocenters. The summed E-state index contributed by atoms with van der Waals surface area (Å²) in [6.45, 7) is 0.508. The quantitative estimate of drug-likeness (QED) is 0.378. The highest BCUT2D eigenvalue weighted by molar-refractivity contribution is 7.98. The summed E-state index contributed by atoms with van der Waals surface area (Å²) in [4.78, 5) is 15.8. The van der Waals surface area contributed by atoms with Gasteiger partial charge in [0.05, 0.1) is 24.1 Å². The Kier molecular flexibility index (Phi) is 6.81. The van der Waals surface area contributed by atoms with E-state index in [4.69, 9.17) is 4.74 Å². The molecule has 0 bridgehead atoms. The summed E-state index contributed by atoms with van der Waals surface area (Å²) in [5.41, 5.74) is 2.60. The van der Waals surface area contributed by atoms with Crippen LogP contribution in [0.15, 0.2) is 83.8 Å². The predicted octanol–water partition coefficient (Wildman–Crippen LogP) is 4.24. The summed E-state index contributed by atoms with van der Waals surface area (Å²) in [7, 11) is 3.45. The minimum atomic E-state index is -0.0356. The highest BCUT2D eigenvalue weighted by Gasteiger charge is 2.17. The van der Waals surface area contributed by atoms with E-state index >= 15 is 0 Å². The molecule has 0 radical (unpaired) electrons. The molecule has 32 heavy (non-hydrogen) atoms. The molecule has 0 aliphatic heterocycles. The van der Waals surface area contributed by atoms with E-state index in [1.807, 2.05) is 85.9 Å². The van der Waals surface area contributed by atoms with Crippen molar-refractivity contribution in [2.45, 2.75) is 17.2 Å². The van der Waals surface area contributed by atoms with Gasteiger partial charge in [-0.2, -0.15) is 4.68 Å². The van der Waals surface area contributed by atoms with Crippen LogP contribution in [0.2, 0.25) is 0 Å². The fraction of sp³-hybridized carbons (Fsp3) is 0.167. The molecule has 0 saturated carbocycles. The minimum Gasteiger partial charge on any atom is -0.497 e. The summed E-state index contributed by atoms with van der Waals surface area (Å²) in [6.07, 6.45) is 0. The maximum Gasteiger partial charge on any atom is 0.255 e. The molecule has 0 spiro atoms. The van der Waals surface area contributed by atoms with Crippen molar-refractivity contribution in [3.05, 3.63) is 95.8 Å². The van der Waals surface area contributed by atoms with Gasteiger partial charge in [0.2, 0.25) is 0 Å². The van der Waals surface area contributed by atoms with Crippen molar-refractivity contribution in [3.8, 4) is 11.4 Å². The van der Waals surface area contributed by atoms with Crippen molar-refractivity contribution in [3.63, 3.8) is 0 Å². The minimum absolute atomic E-state index is 0.0356. The number of hydrogen-bond donors (Lipinski definition) is 0. The van der Waals surface area contributed by atoms with Crippen LogP contribution in [-0.4, -0.2) is 45.2 Å². The molecule has 4 rings (SSSR count). The Morgan fingerprint density at radius 1 is 1.00 bits per heavy atom. The molecule has 162 valence electrons. The van der Waals surface area contributed by atoms with Gasteiger partial charge in [-0.3, -0.25) is 4.79 Å². The number of thioether (sulfide) groups is 1. The lowest BCUT2D eigenvalue weighted by Gasteiger charge is -2.19. The van der Waals surface area contributed by atoms with Gasteiger partial charge in [0, 0.05) is 18.5 Å². The molecule has 0 N–H and O–H groups in total. The van der Waals surface area contributed by atoms with Crippen LogP contribution in [0.25, 0.3) is 5.69 Å². The zero-order chi connectivity index (χ0) is 22.3. The Hall–Kier alpha value is -3.65. The monoisotopic (exact) mass is 445 g/mol. The largest absolute Gasteiger partial charge is 0.497 e. The van der Waals surface area contributed by atoms with Gasteiger partial charge in [-0.05, 0) is 52.4 Å². The second-order valence-corrected chi connectivity index (χ2v) is 8.15. The Bertz CT molecular complexity index is 1180. The number of nitrogens with zero attached hydrogens (tertiary/aromatic N) is 5. The third kappa shape index (κ3) is 4.97. The number of amides is 1. The van der Waals surface area contributed by atoms with Gasteiger partial charge in [-0.15, -0.1) is 16.9 Å². The molecule has 0 saturated heterocycles. The zero-order valence-corrected chi connectivity index (χ0v) is 18.7. The average molecular weight is 446 g/mol. The van der Waals surface area contributed by atoms with Crippen LogP contribution in [0.4, 0.5) is 0 Å². The van der Waals surface area contributed by atoms with Gasteiger partial charge in [0.1, 0.15) is 5.75 Å². The molecular weight excluding hydrogens is 422 g/mol. The van der Waals surface area contributed by atoms with Gasteiger partial charge in [-0.1, -0.05) is 42.5 Å². The van der Waals surface area contributed by atoms with Crippen LogP contribution in [0, 0.1) is 0 Å². The van der Waals surface area contributed by atoms with E-state index in [9.17, 15) is 4.79 Å². The van der Waals surface area contributed by atoms with Crippen molar-refractivity contribution < 1.29 is 9.53 Å². The van der Waals surface area contributed by atoms with Crippen LogP contribution in [0.1, 0.15) is 21.7 Å². The zero-order valence-electron chi connectivity index (χ0n) is 17.9. The number of aromatic nitrogens is 4. The Morgan fingerprint density at radius 3 is 2.47 bits per heavy atom. The van der Waals surface area contributed by atoms with Crippen LogP contribution >= 0.6 is 11.8 Å². The third-order valence-corrected chi connectivity index (χ3v) is 6.00. The lowest BCUT2D eigenvalue weighted by atomic mass is 10.1. The van der Waals surface area contributed by atoms with Gasteiger partial charge in [-0.25, -0.2) is 0 Å². The standard InChI is InChI=1S/C24H23N5O2S/c1-28(16-18-12-14-20(31-2)15-13-18)24(30)21-10-6-7-11-22(21)32-17-23-25-26-27-29(23)19-8-4-3-5-9-19/h3-15H,16-17H2,1-2H3. The van der Waals surface area contributed by atoms with E-state index in [0.717, 1.165) is 27.7 Å². The summed E-state index contributed by atoms with van der Waals surface area (Å²) >= 11 is 1.54. The predicted molar refractivity (Wildman–Crippen MR) is 124 cm³/mol. The molecule has 4 aromatic rings. The SMILES string of the molecule is COc1ccc(CN(C)C(=O)c2ccccc2SCc2nnnn2-c2ccccc2)cc1. The molecule has 3 aromatic carbocycles. The molecule has 1 heterocycles. The maximum atomic E-state index is 13.2. The number of carbonyl (C=O) groups is 1. The number of para-hydroxylation sites is 1. The van der Waals surface area contributed by atoms with Crippen LogP contribution in [0.5, 0.6) is 5.75 Å². The second-order valence-electron chi connectivity index (χ2n) is 7.14. The normalized spacial score (nSPS) is 10.7. The first-order valence-electron chi connectivity index (χ1n) is 10.1. The van der Waals surface area contributed by atoms with Crippen LogP contribution in [0.3, 0.4) is 0 Å². The molecule has 0 fully saturated rings. The Morgan fingerprint density at radius 2 is 1.72 bits per heavy atom. The van der Waals surface area contributed by atoms with Gasteiger partial charge >= 0.3 is 0 Å². The van der Waals surface area contributed by atoms with Crippen molar-refractivity contribution in [2.24, 2.45) is 0 Å². The van der Waals surface area contributed by atoms with Gasteiger partial charge in [0.25, 0.3) is 5.91 Å². The van der Waals surface area contributed by atoms with E-state index in [1.165, 1.54) is 0 Å². The highest BCUT2D eigenvalue weighted by atomic mass is 32.2. The first-order valence-corrected chi connectivity index (χ1v) is 11.1. The van der Waals surface area contributed by atoms with E-state index < -0.39 is 0 Å². The van der Waals surface area contributed by atoms with Crippen LogP contribution < -0.4 is 4.74 Å². The van der Waals surface area contributed by atoms with Crippen molar-refractivity contribution in [1.82, 2.24) is 25.1 Å². The maximum absolute atomic E-state index is 13.2. The fourth-order valence-electron chi connectivity index (χ4n) is 3.26. The summed E-state index contributed by atoms with van der Waals surface area (Å²) in [5.74, 6) is 2.01. The molecule has 8 heteroatoms. The molecule has 1 amide bonds. The Balaban J connectivity index is 1.47. The molecule has 7 nitrogen and oxygen atoms in total. The molecule has 0 atom stereocenters. The fourth-order valence-corrected chi connectivity index (χ4v) is 4.21. The Labute approximate surface area is 191 Å². The molecule has 0 aliphatic carbocycles.